The highest BCUT2D eigenvalue weighted by Gasteiger charge is 2.25. The molecule has 4 heterocycles. The number of anilines is 1. The van der Waals surface area contributed by atoms with Crippen molar-refractivity contribution in [1.82, 2.24) is 20.2 Å². The van der Waals surface area contributed by atoms with Crippen molar-refractivity contribution in [3.05, 3.63) is 65.2 Å². The van der Waals surface area contributed by atoms with Gasteiger partial charge in [0.1, 0.15) is 17.5 Å². The highest BCUT2D eigenvalue weighted by molar-refractivity contribution is 5.94. The summed E-state index contributed by atoms with van der Waals surface area (Å²) in [5.41, 5.74) is 3.89. The Balaban J connectivity index is 1.15. The zero-order chi connectivity index (χ0) is 24.2. The summed E-state index contributed by atoms with van der Waals surface area (Å²) in [5, 5.41) is 8.78. The van der Waals surface area contributed by atoms with E-state index < -0.39 is 0 Å². The van der Waals surface area contributed by atoms with E-state index in [0.29, 0.717) is 23.9 Å². The third-order valence-electron chi connectivity index (χ3n) is 6.96. The number of carbonyl (C=O) groups excluding carboxylic acids is 1. The number of aryl methyl sites for hydroxylation is 2. The Morgan fingerprint density at radius 1 is 1.11 bits per heavy atom. The Hall–Kier alpha value is -3.55. The highest BCUT2D eigenvalue weighted by Crippen LogP contribution is 2.28. The van der Waals surface area contributed by atoms with Gasteiger partial charge in [-0.25, -0.2) is 4.98 Å². The van der Waals surface area contributed by atoms with Crippen LogP contribution in [0.5, 0.6) is 11.6 Å². The molecule has 0 bridgehead atoms. The normalized spacial score (nSPS) is 18.1. The number of aromatic nitrogens is 4. The largest absolute Gasteiger partial charge is 0.489 e. The average molecular weight is 474 g/mol. The zero-order valence-corrected chi connectivity index (χ0v) is 20.3. The van der Waals surface area contributed by atoms with Gasteiger partial charge >= 0.3 is 0 Å². The van der Waals surface area contributed by atoms with Crippen molar-refractivity contribution in [3.63, 3.8) is 0 Å². The van der Waals surface area contributed by atoms with Gasteiger partial charge in [-0.15, -0.1) is 10.2 Å². The van der Waals surface area contributed by atoms with Crippen LogP contribution in [0, 0.1) is 12.8 Å². The molecule has 0 radical (unpaired) electrons. The molecule has 8 heteroatoms. The third-order valence-corrected chi connectivity index (χ3v) is 6.96. The van der Waals surface area contributed by atoms with Crippen molar-refractivity contribution < 1.29 is 14.3 Å². The molecular formula is C27H31N5O3. The molecule has 0 N–H and O–H groups in total. The van der Waals surface area contributed by atoms with Gasteiger partial charge in [-0.2, -0.15) is 0 Å². The number of Topliss-reactive ketones (excluding diaryl/α,β-unsaturated/α-hetero) is 1. The number of piperidine rings is 1. The monoisotopic (exact) mass is 473 g/mol. The smallest absolute Gasteiger partial charge is 0.213 e. The first-order chi connectivity index (χ1) is 17.1. The Morgan fingerprint density at radius 3 is 2.71 bits per heavy atom. The van der Waals surface area contributed by atoms with Crippen LogP contribution in [-0.2, 0) is 12.8 Å². The molecule has 0 aromatic carbocycles. The lowest BCUT2D eigenvalue weighted by atomic mass is 9.83. The van der Waals surface area contributed by atoms with Gasteiger partial charge in [-0.05, 0) is 61.4 Å². The SMILES string of the molecule is COc1ccc(OC2CCN(c3nnc(C(=O)CC4CCc5ncccc5C4)cc3C)CC2)cn1. The molecule has 1 fully saturated rings. The summed E-state index contributed by atoms with van der Waals surface area (Å²) < 4.78 is 11.2. The van der Waals surface area contributed by atoms with Crippen molar-refractivity contribution in [2.75, 3.05) is 25.1 Å². The lowest BCUT2D eigenvalue weighted by Crippen LogP contribution is -2.39. The molecule has 35 heavy (non-hydrogen) atoms. The van der Waals surface area contributed by atoms with Crippen LogP contribution in [0.25, 0.3) is 0 Å². The lowest BCUT2D eigenvalue weighted by molar-refractivity contribution is 0.0951. The first-order valence-corrected chi connectivity index (χ1v) is 12.3. The molecule has 1 aliphatic heterocycles. The van der Waals surface area contributed by atoms with Crippen LogP contribution >= 0.6 is 0 Å². The first kappa shape index (κ1) is 23.2. The van der Waals surface area contributed by atoms with E-state index in [1.54, 1.807) is 19.4 Å². The molecule has 3 aromatic heterocycles. The number of carbonyl (C=O) groups is 1. The fraction of sp³-hybridized carbons (Fsp3) is 0.444. The van der Waals surface area contributed by atoms with Crippen LogP contribution in [0.2, 0.25) is 0 Å². The molecule has 2 aliphatic rings. The number of nitrogens with zero attached hydrogens (tertiary/aromatic N) is 5. The third kappa shape index (κ3) is 5.42. The van der Waals surface area contributed by atoms with Crippen LogP contribution in [0.1, 0.15) is 53.0 Å². The van der Waals surface area contributed by atoms with Gasteiger partial charge in [-0.1, -0.05) is 6.07 Å². The van der Waals surface area contributed by atoms with Crippen LogP contribution in [0.15, 0.2) is 42.7 Å². The number of ether oxygens (including phenoxy) is 2. The second-order valence-corrected chi connectivity index (χ2v) is 9.42. The van der Waals surface area contributed by atoms with E-state index in [2.05, 4.69) is 31.1 Å². The molecule has 0 saturated carbocycles. The summed E-state index contributed by atoms with van der Waals surface area (Å²) in [5.74, 6) is 2.58. The Labute approximate surface area is 205 Å². The van der Waals surface area contributed by atoms with E-state index in [0.717, 1.165) is 62.3 Å². The molecule has 182 valence electrons. The second kappa shape index (κ2) is 10.4. The van der Waals surface area contributed by atoms with Gasteiger partial charge in [0.2, 0.25) is 5.88 Å². The van der Waals surface area contributed by atoms with Gasteiger partial charge in [0.05, 0.1) is 13.3 Å². The van der Waals surface area contributed by atoms with Crippen LogP contribution in [0.3, 0.4) is 0 Å². The lowest BCUT2D eigenvalue weighted by Gasteiger charge is -2.33. The molecular weight excluding hydrogens is 442 g/mol. The minimum absolute atomic E-state index is 0.0738. The summed E-state index contributed by atoms with van der Waals surface area (Å²) in [6, 6.07) is 9.68. The molecule has 8 nitrogen and oxygen atoms in total. The topological polar surface area (TPSA) is 90.3 Å². The van der Waals surface area contributed by atoms with Gasteiger partial charge in [0, 0.05) is 50.3 Å². The second-order valence-electron chi connectivity index (χ2n) is 9.42. The molecule has 1 saturated heterocycles. The van der Waals surface area contributed by atoms with Gasteiger partial charge < -0.3 is 14.4 Å². The molecule has 3 aromatic rings. The number of rotatable bonds is 7. The van der Waals surface area contributed by atoms with E-state index in [9.17, 15) is 4.79 Å². The quantitative estimate of drug-likeness (QED) is 0.476. The fourth-order valence-electron chi connectivity index (χ4n) is 5.04. The predicted octanol–water partition coefficient (Wildman–Crippen LogP) is 4.01. The summed E-state index contributed by atoms with van der Waals surface area (Å²) in [6.07, 6.45) is 8.77. The van der Waals surface area contributed by atoms with E-state index in [-0.39, 0.29) is 11.9 Å². The maximum atomic E-state index is 13.0. The number of hydrogen-bond donors (Lipinski definition) is 0. The summed E-state index contributed by atoms with van der Waals surface area (Å²) >= 11 is 0. The maximum absolute atomic E-state index is 13.0. The van der Waals surface area contributed by atoms with Crippen molar-refractivity contribution >= 4 is 11.6 Å². The first-order valence-electron chi connectivity index (χ1n) is 12.3. The van der Waals surface area contributed by atoms with Gasteiger partial charge in [-0.3, -0.25) is 9.78 Å². The highest BCUT2D eigenvalue weighted by atomic mass is 16.5. The predicted molar refractivity (Wildman–Crippen MR) is 132 cm³/mol. The Bertz CT molecular complexity index is 1180. The van der Waals surface area contributed by atoms with Crippen LogP contribution in [-0.4, -0.2) is 52.3 Å². The Morgan fingerprint density at radius 2 is 1.97 bits per heavy atom. The summed E-state index contributed by atoms with van der Waals surface area (Å²) in [6.45, 7) is 3.66. The summed E-state index contributed by atoms with van der Waals surface area (Å²) in [7, 11) is 1.60. The fourth-order valence-corrected chi connectivity index (χ4v) is 5.04. The van der Waals surface area contributed by atoms with Gasteiger partial charge in [0.15, 0.2) is 11.6 Å². The number of methoxy groups -OCH3 is 1. The van der Waals surface area contributed by atoms with E-state index >= 15 is 0 Å². The molecule has 1 aliphatic carbocycles. The number of fused-ring (bicyclic) bond motifs is 1. The molecule has 1 unspecified atom stereocenters. The summed E-state index contributed by atoms with van der Waals surface area (Å²) in [4.78, 5) is 23.9. The Kier molecular flexibility index (Phi) is 6.88. The zero-order valence-electron chi connectivity index (χ0n) is 20.3. The maximum Gasteiger partial charge on any atom is 0.213 e. The van der Waals surface area contributed by atoms with Crippen molar-refractivity contribution in [2.45, 2.75) is 51.6 Å². The average Bonchev–Trinajstić information content (AvgIpc) is 2.89. The minimum atomic E-state index is 0.0738. The molecule has 5 rings (SSSR count). The van der Waals surface area contributed by atoms with Crippen molar-refractivity contribution in [1.29, 1.82) is 0 Å². The minimum Gasteiger partial charge on any atom is -0.489 e. The van der Waals surface area contributed by atoms with E-state index in [4.69, 9.17) is 9.47 Å². The van der Waals surface area contributed by atoms with E-state index in [1.807, 2.05) is 31.3 Å². The molecule has 1 atom stereocenters. The number of hydrogen-bond acceptors (Lipinski definition) is 8. The van der Waals surface area contributed by atoms with Crippen LogP contribution < -0.4 is 14.4 Å². The standard InChI is InChI=1S/C27H31N5O3/c1-18-14-24(25(33)16-19-5-7-23-20(15-19)4-3-11-28-23)30-31-27(18)32-12-9-21(10-13-32)35-22-6-8-26(34-2)29-17-22/h3-4,6,8,11,14,17,19,21H,5,7,9-10,12-13,15-16H2,1-2H3. The van der Waals surface area contributed by atoms with Gasteiger partial charge in [0.25, 0.3) is 0 Å². The van der Waals surface area contributed by atoms with E-state index in [1.165, 1.54) is 11.3 Å². The number of pyridine rings is 2. The molecule has 0 amide bonds. The van der Waals surface area contributed by atoms with Crippen molar-refractivity contribution in [3.8, 4) is 11.6 Å². The number of ketones is 1. The van der Waals surface area contributed by atoms with Crippen molar-refractivity contribution in [2.24, 2.45) is 5.92 Å². The molecule has 0 spiro atoms. The van der Waals surface area contributed by atoms with Crippen LogP contribution in [0.4, 0.5) is 5.82 Å².